The maximum absolute atomic E-state index is 5.72. The molecule has 0 spiro atoms. The quantitative estimate of drug-likeness (QED) is 0.685. The summed E-state index contributed by atoms with van der Waals surface area (Å²) in [5.74, 6) is 0.834. The summed E-state index contributed by atoms with van der Waals surface area (Å²) in [5, 5.41) is 0. The zero-order valence-corrected chi connectivity index (χ0v) is 11.2. The van der Waals surface area contributed by atoms with Crippen LogP contribution in [0, 0.1) is 0 Å². The number of nitrogens with two attached hydrogens (primary N) is 1. The van der Waals surface area contributed by atoms with Gasteiger partial charge in [0, 0.05) is 13.2 Å². The number of methoxy groups -OCH3 is 1. The van der Waals surface area contributed by atoms with Crippen LogP contribution in [-0.2, 0) is 9.47 Å². The average molecular weight is 253 g/mol. The van der Waals surface area contributed by atoms with E-state index in [1.165, 1.54) is 0 Å². The van der Waals surface area contributed by atoms with Gasteiger partial charge >= 0.3 is 0 Å². The first-order valence-corrected chi connectivity index (χ1v) is 6.35. The zero-order valence-electron chi connectivity index (χ0n) is 11.2. The lowest BCUT2D eigenvalue weighted by molar-refractivity contribution is 0.00764. The van der Waals surface area contributed by atoms with Crippen molar-refractivity contribution >= 4 is 0 Å². The van der Waals surface area contributed by atoms with Gasteiger partial charge in [0.2, 0.25) is 0 Å². The lowest BCUT2D eigenvalue weighted by Gasteiger charge is -2.16. The molecule has 0 aliphatic rings. The molecule has 0 bridgehead atoms. The highest BCUT2D eigenvalue weighted by atomic mass is 16.5. The highest BCUT2D eigenvalue weighted by molar-refractivity contribution is 5.28. The summed E-state index contributed by atoms with van der Waals surface area (Å²) in [6.45, 7) is 4.49. The van der Waals surface area contributed by atoms with Crippen molar-refractivity contribution in [2.45, 2.75) is 19.4 Å². The molecule has 18 heavy (non-hydrogen) atoms. The van der Waals surface area contributed by atoms with Gasteiger partial charge in [-0.1, -0.05) is 19.1 Å². The maximum Gasteiger partial charge on any atom is 0.118 e. The fourth-order valence-corrected chi connectivity index (χ4v) is 1.61. The van der Waals surface area contributed by atoms with Crippen molar-refractivity contribution in [2.24, 2.45) is 5.73 Å². The van der Waals surface area contributed by atoms with Crippen molar-refractivity contribution in [1.82, 2.24) is 0 Å². The Morgan fingerprint density at radius 1 is 1.11 bits per heavy atom. The van der Waals surface area contributed by atoms with Gasteiger partial charge in [0.25, 0.3) is 0 Å². The Kier molecular flexibility index (Phi) is 7.41. The van der Waals surface area contributed by atoms with E-state index in [1.807, 2.05) is 24.3 Å². The molecule has 0 aliphatic heterocycles. The number of rotatable bonds is 9. The van der Waals surface area contributed by atoms with Gasteiger partial charge in [-0.15, -0.1) is 0 Å². The summed E-state index contributed by atoms with van der Waals surface area (Å²) in [7, 11) is 1.65. The third kappa shape index (κ3) is 5.04. The maximum atomic E-state index is 5.72. The molecule has 2 N–H and O–H groups in total. The topological polar surface area (TPSA) is 53.7 Å². The summed E-state index contributed by atoms with van der Waals surface area (Å²) >= 11 is 0. The number of ether oxygens (including phenoxy) is 3. The smallest absolute Gasteiger partial charge is 0.118 e. The second kappa shape index (κ2) is 8.91. The van der Waals surface area contributed by atoms with Crippen molar-refractivity contribution in [3.8, 4) is 5.75 Å². The van der Waals surface area contributed by atoms with Crippen LogP contribution in [0.25, 0.3) is 0 Å². The number of benzene rings is 1. The molecular weight excluding hydrogens is 230 g/mol. The summed E-state index contributed by atoms with van der Waals surface area (Å²) in [6, 6.07) is 7.77. The third-order valence-electron chi connectivity index (χ3n) is 2.60. The Bertz CT molecular complexity index is 313. The molecular formula is C14H23NO3. The first kappa shape index (κ1) is 15.0. The molecule has 0 heterocycles. The average Bonchev–Trinajstić information content (AvgIpc) is 2.43. The number of hydrogen-bond acceptors (Lipinski definition) is 4. The van der Waals surface area contributed by atoms with Crippen LogP contribution < -0.4 is 10.5 Å². The van der Waals surface area contributed by atoms with Gasteiger partial charge in [-0.3, -0.25) is 0 Å². The first-order chi connectivity index (χ1) is 8.81. The lowest BCUT2D eigenvalue weighted by atomic mass is 10.1. The highest BCUT2D eigenvalue weighted by Crippen LogP contribution is 2.19. The number of hydrogen-bond donors (Lipinski definition) is 1. The van der Waals surface area contributed by atoms with Crippen LogP contribution in [-0.4, -0.2) is 33.5 Å². The summed E-state index contributed by atoms with van der Waals surface area (Å²) in [5.41, 5.74) is 6.78. The van der Waals surface area contributed by atoms with Crippen LogP contribution in [0.15, 0.2) is 24.3 Å². The predicted octanol–water partition coefficient (Wildman–Crippen LogP) is 2.14. The van der Waals surface area contributed by atoms with E-state index in [-0.39, 0.29) is 6.10 Å². The normalized spacial score (nSPS) is 12.4. The molecule has 0 fully saturated rings. The van der Waals surface area contributed by atoms with Gasteiger partial charge in [-0.2, -0.15) is 0 Å². The first-order valence-electron chi connectivity index (χ1n) is 6.35. The molecule has 0 aliphatic carbocycles. The van der Waals surface area contributed by atoms with Crippen molar-refractivity contribution in [3.63, 3.8) is 0 Å². The zero-order chi connectivity index (χ0) is 13.2. The Morgan fingerprint density at radius 2 is 1.83 bits per heavy atom. The molecule has 0 saturated carbocycles. The Hall–Kier alpha value is -1.10. The van der Waals surface area contributed by atoms with Crippen molar-refractivity contribution in [2.75, 3.05) is 33.5 Å². The Balaban J connectivity index is 2.39. The van der Waals surface area contributed by atoms with Crippen LogP contribution in [0.4, 0.5) is 0 Å². The van der Waals surface area contributed by atoms with Gasteiger partial charge in [0.15, 0.2) is 0 Å². The summed E-state index contributed by atoms with van der Waals surface area (Å²) in [6.07, 6.45) is 0.944. The molecule has 0 aromatic heterocycles. The summed E-state index contributed by atoms with van der Waals surface area (Å²) in [4.78, 5) is 0. The van der Waals surface area contributed by atoms with Gasteiger partial charge in [-0.05, 0) is 24.1 Å². The lowest BCUT2D eigenvalue weighted by Crippen LogP contribution is -2.18. The van der Waals surface area contributed by atoms with Gasteiger partial charge in [0.1, 0.15) is 5.75 Å². The molecule has 1 atom stereocenters. The van der Waals surface area contributed by atoms with E-state index in [0.29, 0.717) is 19.8 Å². The second-order valence-electron chi connectivity index (χ2n) is 3.98. The van der Waals surface area contributed by atoms with Crippen LogP contribution in [0.3, 0.4) is 0 Å². The van der Waals surface area contributed by atoms with E-state index in [9.17, 15) is 0 Å². The fraction of sp³-hybridized carbons (Fsp3) is 0.571. The highest BCUT2D eigenvalue weighted by Gasteiger charge is 2.09. The molecule has 1 rings (SSSR count). The van der Waals surface area contributed by atoms with E-state index in [0.717, 1.165) is 24.3 Å². The minimum atomic E-state index is -0.0823. The fourth-order valence-electron chi connectivity index (χ4n) is 1.61. The van der Waals surface area contributed by atoms with Gasteiger partial charge < -0.3 is 19.9 Å². The van der Waals surface area contributed by atoms with E-state index < -0.39 is 0 Å². The van der Waals surface area contributed by atoms with E-state index >= 15 is 0 Å². The Labute approximate surface area is 109 Å². The minimum Gasteiger partial charge on any atom is -0.497 e. The standard InChI is InChI=1S/C14H23NO3/c1-3-8-17-9-10-18-14(11-15)12-4-6-13(16-2)7-5-12/h4-7,14H,3,8-11,15H2,1-2H3. The van der Waals surface area contributed by atoms with E-state index in [2.05, 4.69) is 6.92 Å². The Morgan fingerprint density at radius 3 is 2.39 bits per heavy atom. The molecule has 4 heteroatoms. The molecule has 0 amide bonds. The predicted molar refractivity (Wildman–Crippen MR) is 71.9 cm³/mol. The molecule has 0 saturated heterocycles. The SMILES string of the molecule is CCCOCCOC(CN)c1ccc(OC)cc1. The minimum absolute atomic E-state index is 0.0823. The third-order valence-corrected chi connectivity index (χ3v) is 2.60. The van der Waals surface area contributed by atoms with Crippen LogP contribution in [0.1, 0.15) is 25.0 Å². The largest absolute Gasteiger partial charge is 0.497 e. The van der Waals surface area contributed by atoms with Crippen molar-refractivity contribution in [3.05, 3.63) is 29.8 Å². The van der Waals surface area contributed by atoms with Gasteiger partial charge in [0.05, 0.1) is 26.4 Å². The van der Waals surface area contributed by atoms with Crippen LogP contribution in [0.5, 0.6) is 5.75 Å². The van der Waals surface area contributed by atoms with Crippen molar-refractivity contribution < 1.29 is 14.2 Å². The summed E-state index contributed by atoms with van der Waals surface area (Å²) < 4.78 is 16.2. The van der Waals surface area contributed by atoms with Crippen LogP contribution >= 0.6 is 0 Å². The molecule has 102 valence electrons. The monoisotopic (exact) mass is 253 g/mol. The van der Waals surface area contributed by atoms with Crippen LogP contribution in [0.2, 0.25) is 0 Å². The molecule has 1 aromatic carbocycles. The van der Waals surface area contributed by atoms with E-state index in [4.69, 9.17) is 19.9 Å². The molecule has 0 radical (unpaired) electrons. The van der Waals surface area contributed by atoms with Gasteiger partial charge in [-0.25, -0.2) is 0 Å². The molecule has 1 unspecified atom stereocenters. The van der Waals surface area contributed by atoms with Crippen molar-refractivity contribution in [1.29, 1.82) is 0 Å². The van der Waals surface area contributed by atoms with E-state index in [1.54, 1.807) is 7.11 Å². The molecule has 4 nitrogen and oxygen atoms in total. The molecule has 1 aromatic rings. The second-order valence-corrected chi connectivity index (χ2v) is 3.98.